The van der Waals surface area contributed by atoms with Gasteiger partial charge in [0.25, 0.3) is 0 Å². The molecule has 1 nitrogen and oxygen atoms in total. The lowest BCUT2D eigenvalue weighted by Crippen LogP contribution is -2.23. The first-order chi connectivity index (χ1) is 9.63. The number of aryl methyl sites for hydroxylation is 2. The summed E-state index contributed by atoms with van der Waals surface area (Å²) in [5.74, 6) is 0. The fourth-order valence-electron chi connectivity index (χ4n) is 3.07. The lowest BCUT2D eigenvalue weighted by Gasteiger charge is -2.21. The molecule has 1 aliphatic rings. The van der Waals surface area contributed by atoms with Crippen molar-refractivity contribution in [3.8, 4) is 0 Å². The molecule has 2 aromatic carbocycles. The predicted molar refractivity (Wildman–Crippen MR) is 87.9 cm³/mol. The van der Waals surface area contributed by atoms with E-state index in [9.17, 15) is 0 Å². The van der Waals surface area contributed by atoms with Gasteiger partial charge in [-0.15, -0.1) is 0 Å². The standard InChI is InChI=1S/C18H20BrN/c1-12-6-7-14-8-9-18(17(14)10-12)20-13(2)15-4-3-5-16(19)11-15/h3-7,10-11,13,18,20H,8-9H2,1-2H3/t13-,18?/m1/s1. The maximum atomic E-state index is 3.78. The van der Waals surface area contributed by atoms with Crippen LogP contribution in [0.3, 0.4) is 0 Å². The number of hydrogen-bond acceptors (Lipinski definition) is 1. The SMILES string of the molecule is Cc1ccc2c(c1)C(N[C@H](C)c1cccc(Br)c1)CC2. The number of nitrogens with one attached hydrogen (secondary N) is 1. The van der Waals surface area contributed by atoms with Gasteiger partial charge in [-0.3, -0.25) is 0 Å². The Kier molecular flexibility index (Phi) is 3.95. The molecule has 0 bridgehead atoms. The van der Waals surface area contributed by atoms with Crippen LogP contribution in [0.1, 0.15) is 47.7 Å². The van der Waals surface area contributed by atoms with Gasteiger partial charge in [-0.25, -0.2) is 0 Å². The highest BCUT2D eigenvalue weighted by Gasteiger charge is 2.23. The van der Waals surface area contributed by atoms with E-state index in [0.29, 0.717) is 12.1 Å². The summed E-state index contributed by atoms with van der Waals surface area (Å²) in [4.78, 5) is 0. The highest BCUT2D eigenvalue weighted by Crippen LogP contribution is 2.33. The van der Waals surface area contributed by atoms with Crippen molar-refractivity contribution in [3.05, 3.63) is 69.2 Å². The third kappa shape index (κ3) is 2.82. The smallest absolute Gasteiger partial charge is 0.0331 e. The minimum absolute atomic E-state index is 0.365. The molecule has 3 rings (SSSR count). The molecule has 0 aliphatic heterocycles. The third-order valence-electron chi connectivity index (χ3n) is 4.18. The van der Waals surface area contributed by atoms with Crippen molar-refractivity contribution >= 4 is 15.9 Å². The van der Waals surface area contributed by atoms with E-state index in [2.05, 4.69) is 77.6 Å². The van der Waals surface area contributed by atoms with Crippen LogP contribution in [-0.2, 0) is 6.42 Å². The van der Waals surface area contributed by atoms with Crippen molar-refractivity contribution in [1.29, 1.82) is 0 Å². The van der Waals surface area contributed by atoms with E-state index in [1.165, 1.54) is 35.1 Å². The Morgan fingerprint density at radius 1 is 1.20 bits per heavy atom. The van der Waals surface area contributed by atoms with Crippen molar-refractivity contribution in [3.63, 3.8) is 0 Å². The maximum Gasteiger partial charge on any atom is 0.0331 e. The van der Waals surface area contributed by atoms with Crippen LogP contribution in [0.15, 0.2) is 46.9 Å². The van der Waals surface area contributed by atoms with Gasteiger partial charge in [0.15, 0.2) is 0 Å². The van der Waals surface area contributed by atoms with Crippen molar-refractivity contribution < 1.29 is 0 Å². The highest BCUT2D eigenvalue weighted by atomic mass is 79.9. The van der Waals surface area contributed by atoms with Gasteiger partial charge in [0.2, 0.25) is 0 Å². The van der Waals surface area contributed by atoms with Crippen molar-refractivity contribution in [1.82, 2.24) is 5.32 Å². The fraction of sp³-hybridized carbons (Fsp3) is 0.333. The normalized spacial score (nSPS) is 18.9. The zero-order valence-corrected chi connectivity index (χ0v) is 13.6. The molecule has 1 aliphatic carbocycles. The molecule has 0 fully saturated rings. The second-order valence-electron chi connectivity index (χ2n) is 5.74. The number of halogens is 1. The molecule has 2 aromatic rings. The average Bonchev–Trinajstić information content (AvgIpc) is 2.81. The van der Waals surface area contributed by atoms with Crippen molar-refractivity contribution in [2.24, 2.45) is 0 Å². The van der Waals surface area contributed by atoms with Gasteiger partial charge in [0, 0.05) is 16.6 Å². The topological polar surface area (TPSA) is 12.0 Å². The number of hydrogen-bond donors (Lipinski definition) is 1. The molecule has 1 N–H and O–H groups in total. The van der Waals surface area contributed by atoms with E-state index in [1.807, 2.05) is 0 Å². The second-order valence-corrected chi connectivity index (χ2v) is 6.65. The Hall–Kier alpha value is -1.12. The largest absolute Gasteiger partial charge is 0.303 e. The summed E-state index contributed by atoms with van der Waals surface area (Å²) < 4.78 is 1.14. The Morgan fingerprint density at radius 3 is 2.85 bits per heavy atom. The van der Waals surface area contributed by atoms with Gasteiger partial charge < -0.3 is 5.32 Å². The molecule has 2 atom stereocenters. The second kappa shape index (κ2) is 5.71. The summed E-state index contributed by atoms with van der Waals surface area (Å²) in [5.41, 5.74) is 5.69. The first kappa shape index (κ1) is 13.8. The first-order valence-corrected chi connectivity index (χ1v) is 8.04. The molecule has 0 aromatic heterocycles. The zero-order valence-electron chi connectivity index (χ0n) is 12.0. The average molecular weight is 330 g/mol. The monoisotopic (exact) mass is 329 g/mol. The summed E-state index contributed by atoms with van der Waals surface area (Å²) in [5, 5.41) is 3.78. The van der Waals surface area contributed by atoms with Gasteiger partial charge in [-0.1, -0.05) is 51.8 Å². The fourth-order valence-corrected chi connectivity index (χ4v) is 3.49. The van der Waals surface area contributed by atoms with Crippen molar-refractivity contribution in [2.75, 3.05) is 0 Å². The molecule has 2 heteroatoms. The summed E-state index contributed by atoms with van der Waals surface area (Å²) in [6, 6.07) is 16.3. The number of fused-ring (bicyclic) bond motifs is 1. The quantitative estimate of drug-likeness (QED) is 0.826. The predicted octanol–water partition coefficient (Wildman–Crippen LogP) is 5.10. The van der Waals surface area contributed by atoms with Crippen LogP contribution in [0.25, 0.3) is 0 Å². The van der Waals surface area contributed by atoms with Gasteiger partial charge in [0.1, 0.15) is 0 Å². The van der Waals surface area contributed by atoms with Gasteiger partial charge in [-0.2, -0.15) is 0 Å². The maximum absolute atomic E-state index is 3.78. The Labute approximate surface area is 129 Å². The van der Waals surface area contributed by atoms with Crippen LogP contribution in [0, 0.1) is 6.92 Å². The summed E-state index contributed by atoms with van der Waals surface area (Å²) in [6.45, 7) is 4.42. The summed E-state index contributed by atoms with van der Waals surface area (Å²) in [7, 11) is 0. The van der Waals surface area contributed by atoms with Gasteiger partial charge in [-0.05, 0) is 55.5 Å². The van der Waals surface area contributed by atoms with E-state index < -0.39 is 0 Å². The molecule has 0 heterocycles. The van der Waals surface area contributed by atoms with Crippen LogP contribution in [0.5, 0.6) is 0 Å². The minimum atomic E-state index is 0.365. The summed E-state index contributed by atoms with van der Waals surface area (Å²) in [6.07, 6.45) is 2.40. The minimum Gasteiger partial charge on any atom is -0.303 e. The van der Waals surface area contributed by atoms with E-state index >= 15 is 0 Å². The van der Waals surface area contributed by atoms with E-state index in [-0.39, 0.29) is 0 Å². The Bertz CT molecular complexity index is 621. The van der Waals surface area contributed by atoms with E-state index in [1.54, 1.807) is 0 Å². The molecule has 104 valence electrons. The third-order valence-corrected chi connectivity index (χ3v) is 4.67. The molecular weight excluding hydrogens is 310 g/mol. The Morgan fingerprint density at radius 2 is 2.05 bits per heavy atom. The molecular formula is C18H20BrN. The van der Waals surface area contributed by atoms with E-state index in [4.69, 9.17) is 0 Å². The van der Waals surface area contributed by atoms with Crippen LogP contribution in [0.4, 0.5) is 0 Å². The molecule has 1 unspecified atom stereocenters. The van der Waals surface area contributed by atoms with Crippen LogP contribution in [0.2, 0.25) is 0 Å². The van der Waals surface area contributed by atoms with Crippen LogP contribution in [-0.4, -0.2) is 0 Å². The lowest BCUT2D eigenvalue weighted by atomic mass is 10.0. The number of benzene rings is 2. The molecule has 0 saturated heterocycles. The Balaban J connectivity index is 1.78. The van der Waals surface area contributed by atoms with E-state index in [0.717, 1.165) is 4.47 Å². The van der Waals surface area contributed by atoms with Crippen LogP contribution >= 0.6 is 15.9 Å². The zero-order chi connectivity index (χ0) is 14.1. The van der Waals surface area contributed by atoms with Gasteiger partial charge in [0.05, 0.1) is 0 Å². The molecule has 0 amide bonds. The van der Waals surface area contributed by atoms with Crippen LogP contribution < -0.4 is 5.32 Å². The van der Waals surface area contributed by atoms with Gasteiger partial charge >= 0.3 is 0 Å². The van der Waals surface area contributed by atoms with Crippen molar-refractivity contribution in [2.45, 2.75) is 38.8 Å². The molecule has 0 spiro atoms. The molecule has 0 saturated carbocycles. The molecule has 20 heavy (non-hydrogen) atoms. The lowest BCUT2D eigenvalue weighted by molar-refractivity contribution is 0.465. The first-order valence-electron chi connectivity index (χ1n) is 7.24. The summed E-state index contributed by atoms with van der Waals surface area (Å²) >= 11 is 3.55. The molecule has 0 radical (unpaired) electrons. The number of rotatable bonds is 3. The highest BCUT2D eigenvalue weighted by molar-refractivity contribution is 9.10.